The smallest absolute Gasteiger partial charge is 0.244 e. The van der Waals surface area contributed by atoms with Crippen molar-refractivity contribution < 1.29 is 38.8 Å². The van der Waals surface area contributed by atoms with Crippen LogP contribution in [0.1, 0.15) is 6.92 Å². The van der Waals surface area contributed by atoms with E-state index >= 15 is 0 Å². The Balaban J connectivity index is 5.50. The predicted octanol–water partition coefficient (Wildman–Crippen LogP) is 0.453. The third-order valence-corrected chi connectivity index (χ3v) is 5.19. The van der Waals surface area contributed by atoms with Crippen LogP contribution in [-0.4, -0.2) is 40.4 Å². The van der Waals surface area contributed by atoms with Gasteiger partial charge in [-0.15, -0.1) is 4.13 Å². The molecular formula is C5H8F5NO4S2. The molecule has 0 saturated carbocycles. The van der Waals surface area contributed by atoms with Crippen molar-refractivity contribution in [2.24, 2.45) is 0 Å². The number of hydrogen-bond acceptors (Lipinski definition) is 4. The van der Waals surface area contributed by atoms with Gasteiger partial charge in [0.2, 0.25) is 6.01 Å². The molecule has 0 aliphatic carbocycles. The molecule has 0 radical (unpaired) electrons. The fraction of sp³-hybridized carbons (Fsp3) is 1.00. The average molecular weight is 305 g/mol. The van der Waals surface area contributed by atoms with Crippen LogP contribution in [-0.2, 0) is 20.0 Å². The standard InChI is InChI=1S/C5H8F5NO4S2/c1-4(8,5(9,10)2-6)17(14,15)11-16(12,13)3-7/h11H,2-3H2,1H3. The average Bonchev–Trinajstić information content (AvgIpc) is 2.15. The molecule has 0 heterocycles. The zero-order valence-corrected chi connectivity index (χ0v) is 9.89. The van der Waals surface area contributed by atoms with E-state index in [9.17, 15) is 38.8 Å². The molecule has 0 aromatic carbocycles. The van der Waals surface area contributed by atoms with Gasteiger partial charge < -0.3 is 0 Å². The summed E-state index contributed by atoms with van der Waals surface area (Å²) in [6.45, 7) is -2.90. The van der Waals surface area contributed by atoms with Gasteiger partial charge in [-0.3, -0.25) is 0 Å². The van der Waals surface area contributed by atoms with Gasteiger partial charge in [0, 0.05) is 0 Å². The Morgan fingerprint density at radius 1 is 1.06 bits per heavy atom. The van der Waals surface area contributed by atoms with Crippen LogP contribution in [0.4, 0.5) is 22.0 Å². The summed E-state index contributed by atoms with van der Waals surface area (Å²) in [5.74, 6) is -4.98. The summed E-state index contributed by atoms with van der Waals surface area (Å²) >= 11 is 0. The summed E-state index contributed by atoms with van der Waals surface area (Å²) in [6.07, 6.45) is 0. The maximum Gasteiger partial charge on any atom is 0.324 e. The van der Waals surface area contributed by atoms with Crippen LogP contribution in [0.25, 0.3) is 0 Å². The number of hydrogen-bond donors (Lipinski definition) is 1. The normalized spacial score (nSPS) is 17.8. The van der Waals surface area contributed by atoms with E-state index in [0.717, 1.165) is 0 Å². The fourth-order valence-electron chi connectivity index (χ4n) is 0.584. The maximum absolute atomic E-state index is 13.3. The topological polar surface area (TPSA) is 80.3 Å². The van der Waals surface area contributed by atoms with Crippen LogP contribution in [0.5, 0.6) is 0 Å². The first kappa shape index (κ1) is 16.5. The van der Waals surface area contributed by atoms with Crippen molar-refractivity contribution in [3.8, 4) is 0 Å². The van der Waals surface area contributed by atoms with E-state index < -0.39 is 43.7 Å². The number of sulfonamides is 2. The van der Waals surface area contributed by atoms with Gasteiger partial charge in [-0.2, -0.15) is 8.78 Å². The molecule has 0 aromatic rings. The molecule has 0 aliphatic heterocycles. The number of alkyl halides is 5. The van der Waals surface area contributed by atoms with Gasteiger partial charge in [-0.05, 0) is 6.92 Å². The van der Waals surface area contributed by atoms with Crippen molar-refractivity contribution in [2.45, 2.75) is 17.8 Å². The minimum atomic E-state index is -5.83. The highest BCUT2D eigenvalue weighted by molar-refractivity contribution is 8.05. The Kier molecular flexibility index (Phi) is 4.51. The lowest BCUT2D eigenvalue weighted by Crippen LogP contribution is -2.55. The van der Waals surface area contributed by atoms with Gasteiger partial charge >= 0.3 is 5.92 Å². The SMILES string of the molecule is CC(F)(C(F)(F)CF)S(=O)(=O)NS(=O)(=O)CF. The van der Waals surface area contributed by atoms with E-state index in [1.54, 1.807) is 0 Å². The minimum Gasteiger partial charge on any atom is -0.244 e. The van der Waals surface area contributed by atoms with Gasteiger partial charge in [0.25, 0.3) is 25.0 Å². The maximum atomic E-state index is 13.3. The monoisotopic (exact) mass is 305 g/mol. The lowest BCUT2D eigenvalue weighted by Gasteiger charge is -2.27. The van der Waals surface area contributed by atoms with Gasteiger partial charge in [0.15, 0.2) is 6.67 Å². The Labute approximate surface area is 94.1 Å². The molecule has 1 N–H and O–H groups in total. The predicted molar refractivity (Wildman–Crippen MR) is 47.4 cm³/mol. The van der Waals surface area contributed by atoms with E-state index in [1.165, 1.54) is 0 Å². The van der Waals surface area contributed by atoms with Crippen molar-refractivity contribution in [1.82, 2.24) is 4.13 Å². The first-order valence-corrected chi connectivity index (χ1v) is 6.91. The van der Waals surface area contributed by atoms with Gasteiger partial charge in [-0.25, -0.2) is 30.0 Å². The Hall–Kier alpha value is -0.490. The zero-order chi connectivity index (χ0) is 14.1. The van der Waals surface area contributed by atoms with E-state index in [4.69, 9.17) is 0 Å². The van der Waals surface area contributed by atoms with E-state index in [-0.39, 0.29) is 6.92 Å². The van der Waals surface area contributed by atoms with Crippen molar-refractivity contribution >= 4 is 20.0 Å². The molecule has 0 rings (SSSR count). The highest BCUT2D eigenvalue weighted by atomic mass is 32.3. The van der Waals surface area contributed by atoms with Crippen LogP contribution in [0, 0.1) is 0 Å². The first-order valence-electron chi connectivity index (χ1n) is 3.77. The molecule has 104 valence electrons. The molecule has 0 amide bonds. The van der Waals surface area contributed by atoms with Gasteiger partial charge in [0.1, 0.15) is 0 Å². The number of halogens is 5. The molecule has 0 aromatic heterocycles. The second-order valence-corrected chi connectivity index (χ2v) is 6.95. The van der Waals surface area contributed by atoms with Crippen LogP contribution in [0.2, 0.25) is 0 Å². The second kappa shape index (κ2) is 4.65. The lowest BCUT2D eigenvalue weighted by molar-refractivity contribution is -0.101. The minimum absolute atomic E-state index is 0.233. The van der Waals surface area contributed by atoms with E-state index in [0.29, 0.717) is 4.13 Å². The Morgan fingerprint density at radius 3 is 1.76 bits per heavy atom. The largest absolute Gasteiger partial charge is 0.324 e. The molecule has 0 bridgehead atoms. The van der Waals surface area contributed by atoms with Crippen LogP contribution in [0.15, 0.2) is 0 Å². The third-order valence-electron chi connectivity index (χ3n) is 1.71. The quantitative estimate of drug-likeness (QED) is 0.723. The summed E-state index contributed by atoms with van der Waals surface area (Å²) in [4.78, 5) is 0. The number of nitrogens with one attached hydrogen (secondary N) is 1. The van der Waals surface area contributed by atoms with Crippen molar-refractivity contribution in [2.75, 3.05) is 12.7 Å². The highest BCUT2D eigenvalue weighted by Crippen LogP contribution is 2.37. The lowest BCUT2D eigenvalue weighted by atomic mass is 10.2. The molecule has 0 fully saturated rings. The fourth-order valence-corrected chi connectivity index (χ4v) is 3.17. The molecule has 5 nitrogen and oxygen atoms in total. The first-order chi connectivity index (χ1) is 7.33. The summed E-state index contributed by atoms with van der Waals surface area (Å²) < 4.78 is 105. The highest BCUT2D eigenvalue weighted by Gasteiger charge is 2.61. The molecule has 0 saturated heterocycles. The summed E-state index contributed by atoms with van der Waals surface area (Å²) in [5, 5.41) is -4.54. The van der Waals surface area contributed by atoms with Crippen LogP contribution < -0.4 is 4.13 Å². The van der Waals surface area contributed by atoms with Crippen LogP contribution >= 0.6 is 0 Å². The molecule has 0 spiro atoms. The summed E-state index contributed by atoms with van der Waals surface area (Å²) in [6, 6.07) is -2.26. The van der Waals surface area contributed by atoms with Gasteiger partial charge in [0.05, 0.1) is 0 Å². The third kappa shape index (κ3) is 3.25. The molecule has 17 heavy (non-hydrogen) atoms. The van der Waals surface area contributed by atoms with Crippen molar-refractivity contribution in [3.05, 3.63) is 0 Å². The van der Waals surface area contributed by atoms with Crippen molar-refractivity contribution in [3.63, 3.8) is 0 Å². The van der Waals surface area contributed by atoms with Crippen LogP contribution in [0.3, 0.4) is 0 Å². The van der Waals surface area contributed by atoms with Crippen molar-refractivity contribution in [1.29, 1.82) is 0 Å². The molecule has 1 atom stereocenters. The number of rotatable bonds is 6. The van der Waals surface area contributed by atoms with E-state index in [2.05, 4.69) is 0 Å². The zero-order valence-electron chi connectivity index (χ0n) is 8.25. The molecular weight excluding hydrogens is 297 g/mol. The second-order valence-electron chi connectivity index (χ2n) is 3.07. The molecule has 0 aliphatic rings. The Morgan fingerprint density at radius 2 is 1.47 bits per heavy atom. The van der Waals surface area contributed by atoms with Gasteiger partial charge in [-0.1, -0.05) is 0 Å². The summed E-state index contributed by atoms with van der Waals surface area (Å²) in [7, 11) is -11.0. The molecule has 1 unspecified atom stereocenters. The Bertz CT molecular complexity index is 471. The molecule has 12 heteroatoms. The summed E-state index contributed by atoms with van der Waals surface area (Å²) in [5.41, 5.74) is 0. The van der Waals surface area contributed by atoms with E-state index in [1.807, 2.05) is 0 Å².